The highest BCUT2D eigenvalue weighted by molar-refractivity contribution is 5.96. The maximum Gasteiger partial charge on any atom is 0.351 e. The zero-order valence-electron chi connectivity index (χ0n) is 18.6. The van der Waals surface area contributed by atoms with Gasteiger partial charge in [-0.15, -0.1) is 5.10 Å². The Morgan fingerprint density at radius 2 is 1.74 bits per heavy atom. The van der Waals surface area contributed by atoms with Gasteiger partial charge < -0.3 is 5.32 Å². The summed E-state index contributed by atoms with van der Waals surface area (Å²) in [7, 11) is 0. The summed E-state index contributed by atoms with van der Waals surface area (Å²) in [6, 6.07) is 21.7. The molecule has 0 saturated heterocycles. The normalized spacial score (nSPS) is 11.1. The van der Waals surface area contributed by atoms with Gasteiger partial charge in [-0.1, -0.05) is 35.9 Å². The predicted molar refractivity (Wildman–Crippen MR) is 130 cm³/mol. The quantitative estimate of drug-likeness (QED) is 0.409. The van der Waals surface area contributed by atoms with Gasteiger partial charge in [0.2, 0.25) is 5.91 Å². The Hall–Kier alpha value is -4.59. The van der Waals surface area contributed by atoms with E-state index in [0.717, 1.165) is 11.1 Å². The summed E-state index contributed by atoms with van der Waals surface area (Å²) >= 11 is 0. The lowest BCUT2D eigenvalue weighted by Gasteiger charge is -2.11. The topological polar surface area (TPSA) is 98.4 Å². The van der Waals surface area contributed by atoms with Gasteiger partial charge in [-0.3, -0.25) is 14.2 Å². The molecule has 0 bridgehead atoms. The lowest BCUT2D eigenvalue weighted by atomic mass is 10.1. The third-order valence-electron chi connectivity index (χ3n) is 5.61. The van der Waals surface area contributed by atoms with Crippen LogP contribution in [0.2, 0.25) is 0 Å². The van der Waals surface area contributed by atoms with E-state index in [4.69, 9.17) is 0 Å². The van der Waals surface area contributed by atoms with Crippen LogP contribution < -0.4 is 11.0 Å². The van der Waals surface area contributed by atoms with Crippen molar-refractivity contribution < 1.29 is 9.59 Å². The molecular weight excluding hydrogens is 430 g/mol. The van der Waals surface area contributed by atoms with Gasteiger partial charge >= 0.3 is 5.69 Å². The molecule has 2 aromatic heterocycles. The van der Waals surface area contributed by atoms with Crippen molar-refractivity contribution in [3.05, 3.63) is 94.4 Å². The highest BCUT2D eigenvalue weighted by Gasteiger charge is 2.17. The number of nitrogens with one attached hydrogen (secondary N) is 1. The zero-order chi connectivity index (χ0) is 23.8. The summed E-state index contributed by atoms with van der Waals surface area (Å²) in [5.74, 6) is 0.0157. The van der Waals surface area contributed by atoms with Gasteiger partial charge in [-0.2, -0.15) is 4.52 Å². The number of nitrogens with zero attached hydrogens (tertiary/aromatic N) is 4. The van der Waals surface area contributed by atoms with Gasteiger partial charge in [0.25, 0.3) is 0 Å². The largest absolute Gasteiger partial charge is 0.351 e. The van der Waals surface area contributed by atoms with E-state index in [1.807, 2.05) is 49.4 Å². The molecule has 8 heteroatoms. The van der Waals surface area contributed by atoms with Crippen LogP contribution in [0.1, 0.15) is 22.8 Å². The molecule has 0 spiro atoms. The molecule has 3 aromatic carbocycles. The van der Waals surface area contributed by atoms with Crippen molar-refractivity contribution in [2.45, 2.75) is 20.4 Å². The van der Waals surface area contributed by atoms with Crippen molar-refractivity contribution in [3.63, 3.8) is 0 Å². The maximum atomic E-state index is 13.4. The lowest BCUT2D eigenvalue weighted by Crippen LogP contribution is -2.32. The number of para-hydroxylation sites is 1. The standard InChI is InChI=1S/C26H21N5O3/c1-16-6-5-7-19(14-16)24-28-25-21-8-3-4-9-22(21)30(26(34)31(25)29-24)15-23(33)27-20-12-10-18(11-13-20)17(2)32/h3-14H,15H2,1-2H3,(H,27,33). The zero-order valence-corrected chi connectivity index (χ0v) is 18.6. The van der Waals surface area contributed by atoms with Crippen molar-refractivity contribution in [1.82, 2.24) is 19.2 Å². The van der Waals surface area contributed by atoms with Gasteiger partial charge in [0.05, 0.1) is 5.52 Å². The van der Waals surface area contributed by atoms with Gasteiger partial charge in [-0.05, 0) is 56.3 Å². The molecule has 8 nitrogen and oxygen atoms in total. The Labute approximate surface area is 194 Å². The van der Waals surface area contributed by atoms with Crippen LogP contribution in [-0.2, 0) is 11.3 Å². The smallest absolute Gasteiger partial charge is 0.325 e. The number of hydrogen-bond acceptors (Lipinski definition) is 5. The molecule has 1 amide bonds. The van der Waals surface area contributed by atoms with E-state index in [9.17, 15) is 14.4 Å². The van der Waals surface area contributed by atoms with Crippen molar-refractivity contribution in [1.29, 1.82) is 0 Å². The number of anilines is 1. The molecule has 0 aliphatic carbocycles. The fraction of sp³-hybridized carbons (Fsp3) is 0.115. The van der Waals surface area contributed by atoms with E-state index in [0.29, 0.717) is 33.6 Å². The number of aryl methyl sites for hydroxylation is 1. The molecule has 1 N–H and O–H groups in total. The molecule has 0 aliphatic rings. The van der Waals surface area contributed by atoms with Crippen LogP contribution in [0.4, 0.5) is 5.69 Å². The van der Waals surface area contributed by atoms with Crippen molar-refractivity contribution in [2.24, 2.45) is 0 Å². The summed E-state index contributed by atoms with van der Waals surface area (Å²) in [5.41, 5.74) is 3.54. The van der Waals surface area contributed by atoms with Crippen LogP contribution in [0.3, 0.4) is 0 Å². The number of benzene rings is 3. The molecule has 0 aliphatic heterocycles. The minimum absolute atomic E-state index is 0.0536. The summed E-state index contributed by atoms with van der Waals surface area (Å²) in [4.78, 5) is 42.3. The number of rotatable bonds is 5. The third kappa shape index (κ3) is 3.86. The number of ketones is 1. The molecule has 0 fully saturated rings. The second-order valence-electron chi connectivity index (χ2n) is 8.11. The van der Waals surface area contributed by atoms with Crippen LogP contribution in [-0.4, -0.2) is 30.9 Å². The number of Topliss-reactive ketones (excluding diaryl/α,β-unsaturated/α-hetero) is 1. The molecule has 5 aromatic rings. The average molecular weight is 451 g/mol. The van der Waals surface area contributed by atoms with E-state index in [-0.39, 0.29) is 18.2 Å². The van der Waals surface area contributed by atoms with Crippen LogP contribution >= 0.6 is 0 Å². The molecular formula is C26H21N5O3. The number of aromatic nitrogens is 4. The Morgan fingerprint density at radius 3 is 2.47 bits per heavy atom. The molecule has 0 unspecified atom stereocenters. The summed E-state index contributed by atoms with van der Waals surface area (Å²) in [6.07, 6.45) is 0. The number of carbonyl (C=O) groups is 2. The van der Waals surface area contributed by atoms with Crippen LogP contribution in [0, 0.1) is 6.92 Å². The van der Waals surface area contributed by atoms with E-state index >= 15 is 0 Å². The lowest BCUT2D eigenvalue weighted by molar-refractivity contribution is -0.116. The molecule has 5 rings (SSSR count). The Morgan fingerprint density at radius 1 is 0.971 bits per heavy atom. The number of carbonyl (C=O) groups excluding carboxylic acids is 2. The Kier molecular flexibility index (Phi) is 5.25. The summed E-state index contributed by atoms with van der Waals surface area (Å²) in [6.45, 7) is 3.26. The fourth-order valence-electron chi connectivity index (χ4n) is 3.93. The van der Waals surface area contributed by atoms with Crippen molar-refractivity contribution >= 4 is 33.9 Å². The molecule has 34 heavy (non-hydrogen) atoms. The highest BCUT2D eigenvalue weighted by atomic mass is 16.2. The number of amides is 1. The molecule has 2 heterocycles. The van der Waals surface area contributed by atoms with E-state index < -0.39 is 5.69 Å². The van der Waals surface area contributed by atoms with Crippen LogP contribution in [0.5, 0.6) is 0 Å². The summed E-state index contributed by atoms with van der Waals surface area (Å²) < 4.78 is 2.63. The minimum atomic E-state index is -0.456. The van der Waals surface area contributed by atoms with E-state index in [1.165, 1.54) is 16.0 Å². The number of hydrogen-bond donors (Lipinski definition) is 1. The molecule has 0 saturated carbocycles. The fourth-order valence-corrected chi connectivity index (χ4v) is 3.93. The third-order valence-corrected chi connectivity index (χ3v) is 5.61. The van der Waals surface area contributed by atoms with Crippen molar-refractivity contribution in [2.75, 3.05) is 5.32 Å². The molecule has 0 radical (unpaired) electrons. The first-order chi connectivity index (χ1) is 16.4. The van der Waals surface area contributed by atoms with Crippen LogP contribution in [0.25, 0.3) is 27.9 Å². The maximum absolute atomic E-state index is 13.4. The van der Waals surface area contributed by atoms with E-state index in [1.54, 1.807) is 30.3 Å². The van der Waals surface area contributed by atoms with Gasteiger partial charge in [0.15, 0.2) is 17.3 Å². The molecule has 168 valence electrons. The minimum Gasteiger partial charge on any atom is -0.325 e. The summed E-state index contributed by atoms with van der Waals surface area (Å²) in [5, 5.41) is 7.95. The second kappa shape index (κ2) is 8.40. The molecule has 0 atom stereocenters. The monoisotopic (exact) mass is 451 g/mol. The van der Waals surface area contributed by atoms with Gasteiger partial charge in [-0.25, -0.2) is 9.78 Å². The second-order valence-corrected chi connectivity index (χ2v) is 8.11. The first-order valence-corrected chi connectivity index (χ1v) is 10.8. The SMILES string of the molecule is CC(=O)c1ccc(NC(=O)Cn2c(=O)n3nc(-c4cccc(C)c4)nc3c3ccccc32)cc1. The Balaban J connectivity index is 1.55. The van der Waals surface area contributed by atoms with Crippen LogP contribution in [0.15, 0.2) is 77.6 Å². The van der Waals surface area contributed by atoms with E-state index in [2.05, 4.69) is 15.4 Å². The first-order valence-electron chi connectivity index (χ1n) is 10.8. The first kappa shape index (κ1) is 21.3. The van der Waals surface area contributed by atoms with Gasteiger partial charge in [0.1, 0.15) is 6.54 Å². The average Bonchev–Trinajstić information content (AvgIpc) is 3.28. The highest BCUT2D eigenvalue weighted by Crippen LogP contribution is 2.22. The van der Waals surface area contributed by atoms with Crippen molar-refractivity contribution in [3.8, 4) is 11.4 Å². The van der Waals surface area contributed by atoms with Gasteiger partial charge in [0, 0.05) is 22.2 Å². The number of fused-ring (bicyclic) bond motifs is 3. The predicted octanol–water partition coefficient (Wildman–Crippen LogP) is 3.86. The Bertz CT molecular complexity index is 1630.